The number of nitrogens with zero attached hydrogens (tertiary/aromatic N) is 2. The number of carbonyl (C=O) groups is 1. The molecule has 26 heavy (non-hydrogen) atoms. The minimum atomic E-state index is -0.194. The molecule has 1 amide bonds. The van der Waals surface area contributed by atoms with Crippen LogP contribution in [0.2, 0.25) is 0 Å². The minimum absolute atomic E-state index is 0.116. The van der Waals surface area contributed by atoms with Crippen LogP contribution in [0.1, 0.15) is 23.3 Å². The van der Waals surface area contributed by atoms with Crippen molar-refractivity contribution in [1.29, 1.82) is 0 Å². The van der Waals surface area contributed by atoms with E-state index in [0.29, 0.717) is 5.69 Å². The van der Waals surface area contributed by atoms with Gasteiger partial charge in [0.05, 0.1) is 6.10 Å². The summed E-state index contributed by atoms with van der Waals surface area (Å²) in [6.45, 7) is 1.67. The second kappa shape index (κ2) is 6.84. The number of aromatic nitrogens is 1. The highest BCUT2D eigenvalue weighted by Gasteiger charge is 2.18. The highest BCUT2D eigenvalue weighted by molar-refractivity contribution is 6.06. The van der Waals surface area contributed by atoms with E-state index in [1.165, 1.54) is 0 Å². The molecule has 2 aromatic carbocycles. The molecular formula is C21H23N3O2. The summed E-state index contributed by atoms with van der Waals surface area (Å²) in [5.41, 5.74) is 3.53. The first-order valence-corrected chi connectivity index (χ1v) is 9.01. The zero-order valence-electron chi connectivity index (χ0n) is 14.9. The van der Waals surface area contributed by atoms with E-state index in [1.54, 1.807) is 0 Å². The van der Waals surface area contributed by atoms with Gasteiger partial charge in [0.2, 0.25) is 0 Å². The molecule has 2 N–H and O–H groups in total. The van der Waals surface area contributed by atoms with Crippen molar-refractivity contribution in [2.24, 2.45) is 7.05 Å². The molecule has 134 valence electrons. The quantitative estimate of drug-likeness (QED) is 0.762. The Hall–Kier alpha value is -2.79. The Morgan fingerprint density at radius 3 is 2.62 bits per heavy atom. The Morgan fingerprint density at radius 2 is 1.85 bits per heavy atom. The van der Waals surface area contributed by atoms with E-state index in [-0.39, 0.29) is 12.0 Å². The van der Waals surface area contributed by atoms with Crippen LogP contribution in [0.25, 0.3) is 10.9 Å². The molecule has 0 atom stereocenters. The fraction of sp³-hybridized carbons (Fsp3) is 0.286. The number of anilines is 2. The summed E-state index contributed by atoms with van der Waals surface area (Å²) < 4.78 is 1.92. The van der Waals surface area contributed by atoms with Gasteiger partial charge in [0.1, 0.15) is 5.69 Å². The first kappa shape index (κ1) is 16.7. The molecule has 4 rings (SSSR count). The molecular weight excluding hydrogens is 326 g/mol. The summed E-state index contributed by atoms with van der Waals surface area (Å²) in [5.74, 6) is -0.116. The van der Waals surface area contributed by atoms with Gasteiger partial charge in [0, 0.05) is 42.4 Å². The Bertz CT molecular complexity index is 939. The molecule has 5 nitrogen and oxygen atoms in total. The Kier molecular flexibility index (Phi) is 4.39. The van der Waals surface area contributed by atoms with Gasteiger partial charge in [-0.05, 0) is 43.2 Å². The van der Waals surface area contributed by atoms with E-state index in [4.69, 9.17) is 0 Å². The van der Waals surface area contributed by atoms with Crippen LogP contribution in [-0.4, -0.2) is 34.8 Å². The van der Waals surface area contributed by atoms with Gasteiger partial charge in [0.15, 0.2) is 0 Å². The number of carbonyl (C=O) groups excluding carboxylic acids is 1. The minimum Gasteiger partial charge on any atom is -0.393 e. The Morgan fingerprint density at radius 1 is 1.08 bits per heavy atom. The van der Waals surface area contributed by atoms with Crippen LogP contribution >= 0.6 is 0 Å². The summed E-state index contributed by atoms with van der Waals surface area (Å²) in [7, 11) is 1.91. The predicted molar refractivity (Wildman–Crippen MR) is 105 cm³/mol. The second-order valence-electron chi connectivity index (χ2n) is 6.87. The topological polar surface area (TPSA) is 57.5 Å². The summed E-state index contributed by atoms with van der Waals surface area (Å²) >= 11 is 0. The maximum absolute atomic E-state index is 12.8. The highest BCUT2D eigenvalue weighted by Crippen LogP contribution is 2.24. The molecule has 1 aromatic heterocycles. The number of para-hydroxylation sites is 1. The van der Waals surface area contributed by atoms with Gasteiger partial charge in [-0.15, -0.1) is 0 Å². The number of piperidine rings is 1. The lowest BCUT2D eigenvalue weighted by molar-refractivity contribution is 0.101. The van der Waals surface area contributed by atoms with Crippen LogP contribution < -0.4 is 10.2 Å². The number of hydrogen-bond acceptors (Lipinski definition) is 3. The number of nitrogens with one attached hydrogen (secondary N) is 1. The molecule has 1 saturated heterocycles. The molecule has 1 fully saturated rings. The molecule has 0 saturated carbocycles. The van der Waals surface area contributed by atoms with Crippen molar-refractivity contribution >= 4 is 28.2 Å². The van der Waals surface area contributed by atoms with E-state index in [0.717, 1.165) is 48.2 Å². The normalized spacial score (nSPS) is 15.4. The van der Waals surface area contributed by atoms with E-state index in [9.17, 15) is 9.90 Å². The standard InChI is InChI=1S/C21H23N3O2/c1-23-19-8-3-2-5-15(19)13-20(23)21(26)22-16-6-4-7-17(14-16)24-11-9-18(25)10-12-24/h2-8,13-14,18,25H,9-12H2,1H3,(H,22,26). The number of hydrogen-bond donors (Lipinski definition) is 2. The van der Waals surface area contributed by atoms with Gasteiger partial charge in [-0.3, -0.25) is 4.79 Å². The number of amides is 1. The third-order valence-corrected chi connectivity index (χ3v) is 5.12. The van der Waals surface area contributed by atoms with Crippen molar-refractivity contribution in [3.63, 3.8) is 0 Å². The van der Waals surface area contributed by atoms with Gasteiger partial charge >= 0.3 is 0 Å². The van der Waals surface area contributed by atoms with Gasteiger partial charge in [-0.25, -0.2) is 0 Å². The van der Waals surface area contributed by atoms with Crippen LogP contribution in [0.5, 0.6) is 0 Å². The molecule has 1 aliphatic rings. The van der Waals surface area contributed by atoms with Crippen LogP contribution in [0.4, 0.5) is 11.4 Å². The molecule has 0 bridgehead atoms. The third kappa shape index (κ3) is 3.18. The van der Waals surface area contributed by atoms with Gasteiger partial charge in [-0.2, -0.15) is 0 Å². The van der Waals surface area contributed by atoms with E-state index >= 15 is 0 Å². The van der Waals surface area contributed by atoms with Crippen LogP contribution in [0.15, 0.2) is 54.6 Å². The molecule has 2 heterocycles. The van der Waals surface area contributed by atoms with Crippen molar-refractivity contribution in [2.45, 2.75) is 18.9 Å². The van der Waals surface area contributed by atoms with Gasteiger partial charge < -0.3 is 19.9 Å². The Balaban J connectivity index is 1.54. The van der Waals surface area contributed by atoms with Crippen molar-refractivity contribution in [2.75, 3.05) is 23.3 Å². The maximum Gasteiger partial charge on any atom is 0.272 e. The molecule has 3 aromatic rings. The highest BCUT2D eigenvalue weighted by atomic mass is 16.3. The van der Waals surface area contributed by atoms with Crippen molar-refractivity contribution in [1.82, 2.24) is 4.57 Å². The van der Waals surface area contributed by atoms with Crippen molar-refractivity contribution < 1.29 is 9.90 Å². The van der Waals surface area contributed by atoms with Crippen molar-refractivity contribution in [3.05, 3.63) is 60.3 Å². The predicted octanol–water partition coefficient (Wildman–Crippen LogP) is 3.39. The monoisotopic (exact) mass is 349 g/mol. The summed E-state index contributed by atoms with van der Waals surface area (Å²) in [6, 6.07) is 17.8. The first-order valence-electron chi connectivity index (χ1n) is 9.01. The van der Waals surface area contributed by atoms with Crippen LogP contribution in [0.3, 0.4) is 0 Å². The summed E-state index contributed by atoms with van der Waals surface area (Å²) in [6.07, 6.45) is 1.37. The van der Waals surface area contributed by atoms with Gasteiger partial charge in [0.25, 0.3) is 5.91 Å². The summed E-state index contributed by atoms with van der Waals surface area (Å²) in [4.78, 5) is 15.0. The number of aliphatic hydroxyl groups is 1. The molecule has 1 aliphatic heterocycles. The summed E-state index contributed by atoms with van der Waals surface area (Å²) in [5, 5.41) is 13.7. The van der Waals surface area contributed by atoms with E-state index in [1.807, 2.05) is 66.2 Å². The zero-order valence-corrected chi connectivity index (χ0v) is 14.9. The molecule has 0 radical (unpaired) electrons. The number of aliphatic hydroxyl groups excluding tert-OH is 1. The molecule has 0 aliphatic carbocycles. The average molecular weight is 349 g/mol. The second-order valence-corrected chi connectivity index (χ2v) is 6.87. The molecule has 0 unspecified atom stereocenters. The largest absolute Gasteiger partial charge is 0.393 e. The van der Waals surface area contributed by atoms with Crippen LogP contribution in [-0.2, 0) is 7.05 Å². The zero-order chi connectivity index (χ0) is 18.1. The third-order valence-electron chi connectivity index (χ3n) is 5.12. The van der Waals surface area contributed by atoms with Gasteiger partial charge in [-0.1, -0.05) is 24.3 Å². The maximum atomic E-state index is 12.8. The number of rotatable bonds is 3. The SMILES string of the molecule is Cn1c(C(=O)Nc2cccc(N3CCC(O)CC3)c2)cc2ccccc21. The fourth-order valence-electron chi connectivity index (χ4n) is 3.61. The number of aryl methyl sites for hydroxylation is 1. The van der Waals surface area contributed by atoms with E-state index < -0.39 is 0 Å². The fourth-order valence-corrected chi connectivity index (χ4v) is 3.61. The Labute approximate surface area is 152 Å². The van der Waals surface area contributed by atoms with E-state index in [2.05, 4.69) is 10.2 Å². The van der Waals surface area contributed by atoms with Crippen molar-refractivity contribution in [3.8, 4) is 0 Å². The lowest BCUT2D eigenvalue weighted by Gasteiger charge is -2.31. The molecule has 0 spiro atoms. The average Bonchev–Trinajstić information content (AvgIpc) is 3.00. The molecule has 5 heteroatoms. The lowest BCUT2D eigenvalue weighted by Crippen LogP contribution is -2.35. The van der Waals surface area contributed by atoms with Crippen LogP contribution in [0, 0.1) is 0 Å². The number of benzene rings is 2. The smallest absolute Gasteiger partial charge is 0.272 e. The first-order chi connectivity index (χ1) is 12.6. The lowest BCUT2D eigenvalue weighted by atomic mass is 10.1. The number of fused-ring (bicyclic) bond motifs is 1.